The third-order valence-electron chi connectivity index (χ3n) is 5.75. The second kappa shape index (κ2) is 13.3. The molecule has 0 aliphatic carbocycles. The van der Waals surface area contributed by atoms with Crippen LogP contribution in [0.5, 0.6) is 0 Å². The van der Waals surface area contributed by atoms with Crippen molar-refractivity contribution < 1.29 is 4.79 Å². The number of nitrogens with one attached hydrogen (secondary N) is 2. The number of benzene rings is 2. The van der Waals surface area contributed by atoms with Gasteiger partial charge in [-0.3, -0.25) is 9.79 Å². The zero-order chi connectivity index (χ0) is 22.1. The number of guanidine groups is 1. The fraction of sp³-hybridized carbons (Fsp3) is 0.440. The highest BCUT2D eigenvalue weighted by Gasteiger charge is 2.29. The quantitative estimate of drug-likeness (QED) is 0.287. The molecule has 1 fully saturated rings. The molecule has 32 heavy (non-hydrogen) atoms. The first-order valence-electron chi connectivity index (χ1n) is 11.1. The summed E-state index contributed by atoms with van der Waals surface area (Å²) in [5.41, 5.74) is 3.78. The van der Waals surface area contributed by atoms with Gasteiger partial charge in [-0.2, -0.15) is 0 Å². The minimum atomic E-state index is 0. The van der Waals surface area contributed by atoms with E-state index in [4.69, 9.17) is 0 Å². The average Bonchev–Trinajstić information content (AvgIpc) is 3.15. The zero-order valence-corrected chi connectivity index (χ0v) is 21.7. The molecular weight excluding hydrogens is 513 g/mol. The number of rotatable bonds is 9. The number of nitrogens with zero attached hydrogens (tertiary/aromatic N) is 3. The van der Waals surface area contributed by atoms with Gasteiger partial charge >= 0.3 is 0 Å². The molecule has 1 aliphatic rings. The summed E-state index contributed by atoms with van der Waals surface area (Å²) in [6.07, 6.45) is 2.45. The fourth-order valence-corrected chi connectivity index (χ4v) is 3.86. The molecule has 0 bridgehead atoms. The summed E-state index contributed by atoms with van der Waals surface area (Å²) in [6.45, 7) is 3.17. The molecule has 1 amide bonds. The number of halogens is 1. The van der Waals surface area contributed by atoms with E-state index in [2.05, 4.69) is 56.9 Å². The lowest BCUT2D eigenvalue weighted by atomic mass is 10.1. The van der Waals surface area contributed by atoms with Crippen LogP contribution < -0.4 is 15.5 Å². The summed E-state index contributed by atoms with van der Waals surface area (Å²) >= 11 is 0. The first-order chi connectivity index (χ1) is 15.0. The van der Waals surface area contributed by atoms with Crippen molar-refractivity contribution in [2.24, 2.45) is 10.9 Å². The van der Waals surface area contributed by atoms with E-state index in [1.54, 1.807) is 7.05 Å². The topological polar surface area (TPSA) is 60.0 Å². The van der Waals surface area contributed by atoms with E-state index in [0.29, 0.717) is 12.3 Å². The smallest absolute Gasteiger partial charge is 0.223 e. The van der Waals surface area contributed by atoms with Gasteiger partial charge in [-0.25, -0.2) is 0 Å². The number of anilines is 1. The van der Waals surface area contributed by atoms with Crippen molar-refractivity contribution in [1.29, 1.82) is 0 Å². The van der Waals surface area contributed by atoms with Gasteiger partial charge in [-0.05, 0) is 36.1 Å². The van der Waals surface area contributed by atoms with Crippen LogP contribution in [0.25, 0.3) is 0 Å². The van der Waals surface area contributed by atoms with Crippen LogP contribution >= 0.6 is 24.0 Å². The van der Waals surface area contributed by atoms with E-state index in [-0.39, 0.29) is 29.9 Å². The Labute approximate surface area is 209 Å². The molecule has 0 aromatic heterocycles. The van der Waals surface area contributed by atoms with Gasteiger partial charge < -0.3 is 20.4 Å². The molecule has 0 saturated carbocycles. The van der Waals surface area contributed by atoms with Crippen molar-refractivity contribution in [3.8, 4) is 0 Å². The lowest BCUT2D eigenvalue weighted by Crippen LogP contribution is -2.41. The number of amides is 1. The monoisotopic (exact) mass is 549 g/mol. The minimum Gasteiger partial charge on any atom is -0.378 e. The van der Waals surface area contributed by atoms with Crippen LogP contribution in [0, 0.1) is 5.92 Å². The second-order valence-electron chi connectivity index (χ2n) is 8.34. The molecule has 0 radical (unpaired) electrons. The molecule has 1 unspecified atom stereocenters. The number of carbonyl (C=O) groups excluding carboxylic acids is 1. The Hall–Kier alpha value is -2.29. The third kappa shape index (κ3) is 8.00. The standard InChI is InChI=1S/C25H35N5O.HI/c1-26-25(27-15-13-21-9-11-23(12-10-21)29(2)3)28-18-22-17-24(31)30(19-22)16-14-20-7-5-4-6-8-20;/h4-12,22H,13-19H2,1-3H3,(H2,26,27,28);1H. The molecular formula is C25H36IN5O. The lowest BCUT2D eigenvalue weighted by Gasteiger charge is -2.18. The van der Waals surface area contributed by atoms with E-state index >= 15 is 0 Å². The molecule has 2 N–H and O–H groups in total. The molecule has 2 aromatic rings. The summed E-state index contributed by atoms with van der Waals surface area (Å²) < 4.78 is 0. The van der Waals surface area contributed by atoms with Gasteiger partial charge in [0.2, 0.25) is 5.91 Å². The molecule has 1 aliphatic heterocycles. The highest BCUT2D eigenvalue weighted by Crippen LogP contribution is 2.17. The summed E-state index contributed by atoms with van der Waals surface area (Å²) in [5, 5.41) is 6.77. The first kappa shape index (κ1) is 26.0. The Morgan fingerprint density at radius 2 is 1.72 bits per heavy atom. The lowest BCUT2D eigenvalue weighted by molar-refractivity contribution is -0.127. The van der Waals surface area contributed by atoms with Gasteiger partial charge in [0.1, 0.15) is 0 Å². The first-order valence-corrected chi connectivity index (χ1v) is 11.1. The summed E-state index contributed by atoms with van der Waals surface area (Å²) in [5.74, 6) is 1.37. The van der Waals surface area contributed by atoms with Crippen molar-refractivity contribution in [3.05, 3.63) is 65.7 Å². The molecule has 1 atom stereocenters. The Bertz CT molecular complexity index is 854. The van der Waals surface area contributed by atoms with E-state index in [0.717, 1.165) is 45.0 Å². The largest absolute Gasteiger partial charge is 0.378 e. The van der Waals surface area contributed by atoms with Crippen molar-refractivity contribution in [1.82, 2.24) is 15.5 Å². The fourth-order valence-electron chi connectivity index (χ4n) is 3.86. The van der Waals surface area contributed by atoms with Crippen LogP contribution in [0.1, 0.15) is 17.5 Å². The Morgan fingerprint density at radius 3 is 2.38 bits per heavy atom. The van der Waals surface area contributed by atoms with Gasteiger partial charge in [0.25, 0.3) is 0 Å². The number of likely N-dealkylation sites (tertiary alicyclic amines) is 1. The predicted octanol–water partition coefficient (Wildman–Crippen LogP) is 3.17. The second-order valence-corrected chi connectivity index (χ2v) is 8.34. The van der Waals surface area contributed by atoms with Crippen LogP contribution in [0.3, 0.4) is 0 Å². The molecule has 6 nitrogen and oxygen atoms in total. The van der Waals surface area contributed by atoms with Gasteiger partial charge in [0.05, 0.1) is 0 Å². The number of hydrogen-bond acceptors (Lipinski definition) is 3. The maximum atomic E-state index is 12.4. The van der Waals surface area contributed by atoms with Crippen molar-refractivity contribution in [2.45, 2.75) is 19.3 Å². The van der Waals surface area contributed by atoms with Gasteiger partial charge in [-0.1, -0.05) is 42.5 Å². The average molecular weight is 550 g/mol. The highest BCUT2D eigenvalue weighted by molar-refractivity contribution is 14.0. The maximum Gasteiger partial charge on any atom is 0.223 e. The van der Waals surface area contributed by atoms with E-state index in [1.807, 2.05) is 37.2 Å². The highest BCUT2D eigenvalue weighted by atomic mass is 127. The Balaban J connectivity index is 0.00000363. The summed E-state index contributed by atoms with van der Waals surface area (Å²) in [6, 6.07) is 19.0. The molecule has 1 heterocycles. The van der Waals surface area contributed by atoms with Crippen LogP contribution in [-0.2, 0) is 17.6 Å². The number of aliphatic imine (C=N–C) groups is 1. The van der Waals surface area contributed by atoms with Crippen molar-refractivity contribution in [3.63, 3.8) is 0 Å². The molecule has 1 saturated heterocycles. The SMILES string of the molecule is CN=C(NCCc1ccc(N(C)C)cc1)NCC1CC(=O)N(CCc2ccccc2)C1.I. The molecule has 174 valence electrons. The molecule has 7 heteroatoms. The minimum absolute atomic E-state index is 0. The van der Waals surface area contributed by atoms with Gasteiger partial charge in [0, 0.05) is 65.3 Å². The maximum absolute atomic E-state index is 12.4. The van der Waals surface area contributed by atoms with Crippen LogP contribution in [-0.4, -0.2) is 64.1 Å². The summed E-state index contributed by atoms with van der Waals surface area (Å²) in [7, 11) is 5.88. The van der Waals surface area contributed by atoms with Crippen LogP contribution in [0.2, 0.25) is 0 Å². The molecule has 3 rings (SSSR count). The van der Waals surface area contributed by atoms with Crippen LogP contribution in [0.4, 0.5) is 5.69 Å². The predicted molar refractivity (Wildman–Crippen MR) is 144 cm³/mol. The zero-order valence-electron chi connectivity index (χ0n) is 19.4. The van der Waals surface area contributed by atoms with Crippen molar-refractivity contribution in [2.75, 3.05) is 52.2 Å². The van der Waals surface area contributed by atoms with E-state index < -0.39 is 0 Å². The van der Waals surface area contributed by atoms with E-state index in [1.165, 1.54) is 16.8 Å². The van der Waals surface area contributed by atoms with Crippen molar-refractivity contribution >= 4 is 41.5 Å². The molecule has 2 aromatic carbocycles. The number of hydrogen-bond donors (Lipinski definition) is 2. The summed E-state index contributed by atoms with van der Waals surface area (Å²) in [4.78, 5) is 20.8. The van der Waals surface area contributed by atoms with Crippen LogP contribution in [0.15, 0.2) is 59.6 Å². The van der Waals surface area contributed by atoms with Gasteiger partial charge in [0.15, 0.2) is 5.96 Å². The van der Waals surface area contributed by atoms with E-state index in [9.17, 15) is 4.79 Å². The third-order valence-corrected chi connectivity index (χ3v) is 5.75. The molecule has 0 spiro atoms. The Morgan fingerprint density at radius 1 is 1.03 bits per heavy atom. The number of carbonyl (C=O) groups is 1. The van der Waals surface area contributed by atoms with Gasteiger partial charge in [-0.15, -0.1) is 24.0 Å². The normalized spacial score (nSPS) is 16.0. The Kier molecular flexibility index (Phi) is 10.8.